The number of hydrogen-bond acceptors (Lipinski definition) is 5. The zero-order chi connectivity index (χ0) is 15.4. The van der Waals surface area contributed by atoms with E-state index in [1.54, 1.807) is 6.92 Å². The van der Waals surface area contributed by atoms with Gasteiger partial charge in [-0.25, -0.2) is 9.78 Å². The fourth-order valence-corrected chi connectivity index (χ4v) is 2.11. The van der Waals surface area contributed by atoms with Gasteiger partial charge in [-0.05, 0) is 37.8 Å². The van der Waals surface area contributed by atoms with Crippen molar-refractivity contribution < 1.29 is 14.3 Å². The number of ether oxygens (including phenoxy) is 2. The number of rotatable bonds is 6. The molecule has 1 aliphatic carbocycles. The molecule has 114 valence electrons. The van der Waals surface area contributed by atoms with E-state index >= 15 is 0 Å². The third-order valence-corrected chi connectivity index (χ3v) is 3.42. The fourth-order valence-electron chi connectivity index (χ4n) is 2.11. The molecule has 1 heterocycles. The van der Waals surface area contributed by atoms with E-state index in [1.165, 1.54) is 19.0 Å². The molecule has 22 heavy (non-hydrogen) atoms. The first-order valence-electron chi connectivity index (χ1n) is 7.52. The van der Waals surface area contributed by atoms with E-state index in [4.69, 9.17) is 9.47 Å². The number of benzene rings is 1. The maximum Gasteiger partial charge on any atom is 0.345 e. The van der Waals surface area contributed by atoms with E-state index in [2.05, 4.69) is 9.97 Å². The molecule has 1 fully saturated rings. The highest BCUT2D eigenvalue weighted by Crippen LogP contribution is 2.32. The van der Waals surface area contributed by atoms with Gasteiger partial charge < -0.3 is 9.47 Å². The number of carbonyl (C=O) groups is 1. The Hall–Kier alpha value is -2.43. The van der Waals surface area contributed by atoms with Gasteiger partial charge in [0, 0.05) is 12.6 Å². The first kappa shape index (κ1) is 14.5. The van der Waals surface area contributed by atoms with E-state index in [0.29, 0.717) is 24.1 Å². The Labute approximate surface area is 129 Å². The number of aromatic nitrogens is 2. The summed E-state index contributed by atoms with van der Waals surface area (Å²) < 4.78 is 10.8. The van der Waals surface area contributed by atoms with Gasteiger partial charge in [-0.1, -0.05) is 18.2 Å². The van der Waals surface area contributed by atoms with Crippen LogP contribution in [-0.2, 0) is 11.2 Å². The van der Waals surface area contributed by atoms with Crippen LogP contribution in [0.3, 0.4) is 0 Å². The lowest BCUT2D eigenvalue weighted by atomic mass is 10.2. The maximum absolute atomic E-state index is 12.0. The molecule has 2 aromatic rings. The van der Waals surface area contributed by atoms with Crippen LogP contribution in [0.4, 0.5) is 0 Å². The molecule has 0 bridgehead atoms. The molecule has 0 atom stereocenters. The van der Waals surface area contributed by atoms with Gasteiger partial charge >= 0.3 is 5.97 Å². The molecule has 5 nitrogen and oxygen atoms in total. The Morgan fingerprint density at radius 2 is 2.05 bits per heavy atom. The largest absolute Gasteiger partial charge is 0.462 e. The van der Waals surface area contributed by atoms with E-state index < -0.39 is 5.97 Å². The lowest BCUT2D eigenvalue weighted by Crippen LogP contribution is -2.10. The molecule has 5 heteroatoms. The van der Waals surface area contributed by atoms with Gasteiger partial charge in [0.25, 0.3) is 0 Å². The Morgan fingerprint density at radius 1 is 1.27 bits per heavy atom. The number of hydrogen-bond donors (Lipinski definition) is 0. The second kappa shape index (κ2) is 6.56. The highest BCUT2D eigenvalue weighted by molar-refractivity contribution is 5.91. The lowest BCUT2D eigenvalue weighted by molar-refractivity contribution is 0.0522. The summed E-state index contributed by atoms with van der Waals surface area (Å²) in [6, 6.07) is 9.27. The van der Waals surface area contributed by atoms with Crippen molar-refractivity contribution in [3.63, 3.8) is 0 Å². The monoisotopic (exact) mass is 298 g/mol. The van der Waals surface area contributed by atoms with Crippen LogP contribution in [0, 0.1) is 5.92 Å². The van der Waals surface area contributed by atoms with Crippen LogP contribution in [0.15, 0.2) is 36.5 Å². The summed E-state index contributed by atoms with van der Waals surface area (Å²) in [6.45, 7) is 2.06. The fraction of sp³-hybridized carbons (Fsp3) is 0.353. The minimum absolute atomic E-state index is 0.255. The van der Waals surface area contributed by atoms with Gasteiger partial charge in [-0.2, -0.15) is 4.98 Å². The van der Waals surface area contributed by atoms with Gasteiger partial charge in [-0.15, -0.1) is 0 Å². The number of carbonyl (C=O) groups excluding carboxylic acids is 1. The molecule has 0 N–H and O–H groups in total. The Balaban J connectivity index is 1.88. The van der Waals surface area contributed by atoms with Gasteiger partial charge in [0.05, 0.1) is 6.61 Å². The predicted molar refractivity (Wildman–Crippen MR) is 80.9 cm³/mol. The summed E-state index contributed by atoms with van der Waals surface area (Å²) >= 11 is 0. The van der Waals surface area contributed by atoms with Crippen LogP contribution >= 0.6 is 0 Å². The summed E-state index contributed by atoms with van der Waals surface area (Å²) in [5, 5.41) is 0. The summed E-state index contributed by atoms with van der Waals surface area (Å²) in [5.74, 6) is 1.80. The average Bonchev–Trinajstić information content (AvgIpc) is 3.33. The predicted octanol–water partition coefficient (Wildman–Crippen LogP) is 3.40. The molecule has 0 spiro atoms. The molecule has 0 amide bonds. The normalized spacial score (nSPS) is 13.7. The van der Waals surface area contributed by atoms with Crippen LogP contribution in [0.2, 0.25) is 0 Å². The van der Waals surface area contributed by atoms with Crippen molar-refractivity contribution in [3.8, 4) is 11.6 Å². The van der Waals surface area contributed by atoms with E-state index in [0.717, 1.165) is 6.42 Å². The van der Waals surface area contributed by atoms with Crippen molar-refractivity contribution >= 4 is 5.97 Å². The standard InChI is InChI=1S/C17H18N2O3/c1-2-21-17(20)14-11-18-15(10-12-8-9-12)19-16(14)22-13-6-4-3-5-7-13/h3-7,11-12H,2,8-10H2,1H3. The quantitative estimate of drug-likeness (QED) is 0.765. The molecule has 1 saturated carbocycles. The highest BCUT2D eigenvalue weighted by atomic mass is 16.5. The third kappa shape index (κ3) is 3.61. The minimum atomic E-state index is -0.466. The van der Waals surface area contributed by atoms with Gasteiger partial charge in [-0.3, -0.25) is 0 Å². The summed E-state index contributed by atoms with van der Waals surface area (Å²) in [4.78, 5) is 20.7. The van der Waals surface area contributed by atoms with Crippen molar-refractivity contribution in [3.05, 3.63) is 47.9 Å². The zero-order valence-electron chi connectivity index (χ0n) is 12.5. The second-order valence-electron chi connectivity index (χ2n) is 5.29. The van der Waals surface area contributed by atoms with E-state index in [9.17, 15) is 4.79 Å². The van der Waals surface area contributed by atoms with Crippen LogP contribution < -0.4 is 4.74 Å². The van der Waals surface area contributed by atoms with Gasteiger partial charge in [0.1, 0.15) is 17.1 Å². The van der Waals surface area contributed by atoms with Gasteiger partial charge in [0.2, 0.25) is 5.88 Å². The second-order valence-corrected chi connectivity index (χ2v) is 5.29. The van der Waals surface area contributed by atoms with Crippen molar-refractivity contribution in [1.29, 1.82) is 0 Å². The topological polar surface area (TPSA) is 61.3 Å². The number of para-hydroxylation sites is 1. The minimum Gasteiger partial charge on any atom is -0.462 e. The molecule has 1 aromatic heterocycles. The third-order valence-electron chi connectivity index (χ3n) is 3.42. The van der Waals surface area contributed by atoms with Gasteiger partial charge in [0.15, 0.2) is 0 Å². The molecule has 0 aliphatic heterocycles. The van der Waals surface area contributed by atoms with Crippen LogP contribution in [0.5, 0.6) is 11.6 Å². The van der Waals surface area contributed by atoms with E-state index in [1.807, 2.05) is 30.3 Å². The average molecular weight is 298 g/mol. The summed E-state index contributed by atoms with van der Waals surface area (Å²) in [6.07, 6.45) is 4.77. The molecule has 0 radical (unpaired) electrons. The van der Waals surface area contributed by atoms with Crippen LogP contribution in [0.1, 0.15) is 35.9 Å². The molecule has 3 rings (SSSR count). The first-order valence-corrected chi connectivity index (χ1v) is 7.52. The molecule has 0 saturated heterocycles. The Morgan fingerprint density at radius 3 is 2.73 bits per heavy atom. The van der Waals surface area contributed by atoms with Crippen molar-refractivity contribution in [2.45, 2.75) is 26.2 Å². The van der Waals surface area contributed by atoms with E-state index in [-0.39, 0.29) is 11.4 Å². The first-order chi connectivity index (χ1) is 10.8. The number of esters is 1. The van der Waals surface area contributed by atoms with Crippen molar-refractivity contribution in [2.75, 3.05) is 6.61 Å². The molecule has 1 aliphatic rings. The van der Waals surface area contributed by atoms with Crippen LogP contribution in [-0.4, -0.2) is 22.5 Å². The molecule has 1 aromatic carbocycles. The molecular formula is C17H18N2O3. The summed E-state index contributed by atoms with van der Waals surface area (Å²) in [5.41, 5.74) is 0.255. The smallest absolute Gasteiger partial charge is 0.345 e. The van der Waals surface area contributed by atoms with Crippen LogP contribution in [0.25, 0.3) is 0 Å². The van der Waals surface area contributed by atoms with Crippen molar-refractivity contribution in [1.82, 2.24) is 9.97 Å². The lowest BCUT2D eigenvalue weighted by Gasteiger charge is -2.10. The molecule has 0 unspecified atom stereocenters. The number of nitrogens with zero attached hydrogens (tertiary/aromatic N) is 2. The van der Waals surface area contributed by atoms with Crippen molar-refractivity contribution in [2.24, 2.45) is 5.92 Å². The summed E-state index contributed by atoms with van der Waals surface area (Å²) in [7, 11) is 0. The molecular weight excluding hydrogens is 280 g/mol. The zero-order valence-corrected chi connectivity index (χ0v) is 12.5. The highest BCUT2D eigenvalue weighted by Gasteiger charge is 2.24. The SMILES string of the molecule is CCOC(=O)c1cnc(CC2CC2)nc1Oc1ccccc1. The maximum atomic E-state index is 12.0. The Bertz CT molecular complexity index is 654. The Kier molecular flexibility index (Phi) is 4.32.